The van der Waals surface area contributed by atoms with Crippen LogP contribution >= 0.6 is 11.6 Å². The third-order valence-corrected chi connectivity index (χ3v) is 3.14. The largest absolute Gasteiger partial charge is 0.488 e. The number of aryl methyl sites for hydroxylation is 1. The number of benzene rings is 1. The molecule has 0 saturated carbocycles. The first-order valence-electron chi connectivity index (χ1n) is 5.98. The molecule has 0 atom stereocenters. The van der Waals surface area contributed by atoms with Crippen molar-refractivity contribution < 1.29 is 14.2 Å². The zero-order valence-corrected chi connectivity index (χ0v) is 12.4. The highest BCUT2D eigenvalue weighted by atomic mass is 35.5. The van der Waals surface area contributed by atoms with Crippen LogP contribution < -0.4 is 4.74 Å². The minimum Gasteiger partial charge on any atom is -0.488 e. The van der Waals surface area contributed by atoms with Crippen molar-refractivity contribution in [2.45, 2.75) is 33.0 Å². The van der Waals surface area contributed by atoms with Crippen molar-refractivity contribution in [3.8, 4) is 5.75 Å². The van der Waals surface area contributed by atoms with Crippen LogP contribution in [0.25, 0.3) is 0 Å². The molecule has 4 heteroatoms. The minimum absolute atomic E-state index is 0.354. The van der Waals surface area contributed by atoms with E-state index in [1.807, 2.05) is 19.1 Å². The molecule has 0 aliphatic rings. The highest BCUT2D eigenvalue weighted by Crippen LogP contribution is 2.31. The van der Waals surface area contributed by atoms with Crippen LogP contribution in [0.5, 0.6) is 5.75 Å². The number of rotatable bonds is 6. The lowest BCUT2D eigenvalue weighted by Crippen LogP contribution is -2.22. The van der Waals surface area contributed by atoms with E-state index >= 15 is 0 Å². The molecule has 0 spiro atoms. The van der Waals surface area contributed by atoms with Gasteiger partial charge in [0.15, 0.2) is 6.29 Å². The maximum Gasteiger partial charge on any atom is 0.191 e. The van der Waals surface area contributed by atoms with Crippen LogP contribution in [0.4, 0.5) is 0 Å². The van der Waals surface area contributed by atoms with Crippen LogP contribution in [0.3, 0.4) is 0 Å². The van der Waals surface area contributed by atoms with Crippen molar-refractivity contribution in [3.05, 3.63) is 28.3 Å². The zero-order chi connectivity index (χ0) is 13.7. The number of ether oxygens (including phenoxy) is 3. The Bertz CT molecular complexity index is 387. The van der Waals surface area contributed by atoms with Gasteiger partial charge in [-0.3, -0.25) is 0 Å². The molecule has 0 saturated heterocycles. The van der Waals surface area contributed by atoms with Gasteiger partial charge < -0.3 is 14.2 Å². The molecular weight excluding hydrogens is 252 g/mol. The first-order valence-corrected chi connectivity index (χ1v) is 6.35. The minimum atomic E-state index is -0.359. The van der Waals surface area contributed by atoms with Crippen LogP contribution in [0, 0.1) is 6.92 Å². The first kappa shape index (κ1) is 15.3. The summed E-state index contributed by atoms with van der Waals surface area (Å²) in [7, 11) is 3.18. The normalized spacial score (nSPS) is 11.3. The summed E-state index contributed by atoms with van der Waals surface area (Å²) in [4.78, 5) is 0. The molecule has 0 aliphatic carbocycles. The SMILES string of the molecule is COC(COc1cc(C(C)C)c(Cl)cc1C)OC. The van der Waals surface area contributed by atoms with Crippen molar-refractivity contribution in [2.24, 2.45) is 0 Å². The van der Waals surface area contributed by atoms with Gasteiger partial charge in [-0.15, -0.1) is 0 Å². The molecule has 0 N–H and O–H groups in total. The van der Waals surface area contributed by atoms with Gasteiger partial charge in [-0.05, 0) is 36.1 Å². The fraction of sp³-hybridized carbons (Fsp3) is 0.571. The van der Waals surface area contributed by atoms with Crippen LogP contribution in [0.15, 0.2) is 12.1 Å². The van der Waals surface area contributed by atoms with Crippen molar-refractivity contribution in [3.63, 3.8) is 0 Å². The molecule has 0 radical (unpaired) electrons. The van der Waals surface area contributed by atoms with Gasteiger partial charge in [0, 0.05) is 19.2 Å². The fourth-order valence-corrected chi connectivity index (χ4v) is 2.09. The summed E-state index contributed by atoms with van der Waals surface area (Å²) < 4.78 is 15.9. The first-order chi connectivity index (χ1) is 8.49. The fourth-order valence-electron chi connectivity index (χ4n) is 1.66. The molecule has 0 aromatic heterocycles. The number of halogens is 1. The number of methoxy groups -OCH3 is 2. The second kappa shape index (κ2) is 6.98. The van der Waals surface area contributed by atoms with E-state index in [2.05, 4.69) is 13.8 Å². The molecule has 102 valence electrons. The van der Waals surface area contributed by atoms with Gasteiger partial charge in [-0.25, -0.2) is 0 Å². The van der Waals surface area contributed by atoms with Crippen LogP contribution in [-0.4, -0.2) is 27.1 Å². The average molecular weight is 273 g/mol. The topological polar surface area (TPSA) is 27.7 Å². The van der Waals surface area contributed by atoms with E-state index in [-0.39, 0.29) is 6.29 Å². The Labute approximate surface area is 114 Å². The molecule has 3 nitrogen and oxygen atoms in total. The summed E-state index contributed by atoms with van der Waals surface area (Å²) in [6.07, 6.45) is -0.359. The van der Waals surface area contributed by atoms with Gasteiger partial charge in [0.05, 0.1) is 0 Å². The standard InChI is InChI=1S/C14H21ClO3/c1-9(2)11-7-13(10(3)6-12(11)15)18-8-14(16-4)17-5/h6-7,9,14H,8H2,1-5H3. The van der Waals surface area contributed by atoms with E-state index in [9.17, 15) is 0 Å². The van der Waals surface area contributed by atoms with Gasteiger partial charge in [-0.1, -0.05) is 25.4 Å². The molecule has 0 amide bonds. The average Bonchev–Trinajstić information content (AvgIpc) is 2.32. The van der Waals surface area contributed by atoms with E-state index in [1.54, 1.807) is 14.2 Å². The van der Waals surface area contributed by atoms with Gasteiger partial charge in [-0.2, -0.15) is 0 Å². The second-order valence-electron chi connectivity index (χ2n) is 4.51. The quantitative estimate of drug-likeness (QED) is 0.738. The van der Waals surface area contributed by atoms with Gasteiger partial charge in [0.2, 0.25) is 0 Å². The Hall–Kier alpha value is -0.770. The lowest BCUT2D eigenvalue weighted by Gasteiger charge is -2.17. The van der Waals surface area contributed by atoms with Gasteiger partial charge >= 0.3 is 0 Å². The third kappa shape index (κ3) is 3.87. The molecule has 1 aromatic carbocycles. The number of hydrogen-bond donors (Lipinski definition) is 0. The monoisotopic (exact) mass is 272 g/mol. The van der Waals surface area contributed by atoms with Crippen LogP contribution in [0.1, 0.15) is 30.9 Å². The summed E-state index contributed by atoms with van der Waals surface area (Å²) in [5, 5.41) is 0.782. The van der Waals surface area contributed by atoms with Gasteiger partial charge in [0.1, 0.15) is 12.4 Å². The maximum absolute atomic E-state index is 6.21. The summed E-state index contributed by atoms with van der Waals surface area (Å²) in [5.74, 6) is 1.18. The van der Waals surface area contributed by atoms with Crippen molar-refractivity contribution in [1.29, 1.82) is 0 Å². The van der Waals surface area contributed by atoms with E-state index in [4.69, 9.17) is 25.8 Å². The zero-order valence-electron chi connectivity index (χ0n) is 11.6. The predicted molar refractivity (Wildman–Crippen MR) is 73.6 cm³/mol. The second-order valence-corrected chi connectivity index (χ2v) is 4.91. The third-order valence-electron chi connectivity index (χ3n) is 2.82. The lowest BCUT2D eigenvalue weighted by atomic mass is 10.0. The Morgan fingerprint density at radius 1 is 1.17 bits per heavy atom. The molecule has 0 fully saturated rings. The van der Waals surface area contributed by atoms with Gasteiger partial charge in [0.25, 0.3) is 0 Å². The summed E-state index contributed by atoms with van der Waals surface area (Å²) in [6.45, 7) is 6.54. The Kier molecular flexibility index (Phi) is 5.93. The molecular formula is C14H21ClO3. The Morgan fingerprint density at radius 2 is 1.78 bits per heavy atom. The predicted octanol–water partition coefficient (Wildman–Crippen LogP) is 3.77. The highest BCUT2D eigenvalue weighted by molar-refractivity contribution is 6.31. The van der Waals surface area contributed by atoms with E-state index in [0.29, 0.717) is 12.5 Å². The molecule has 18 heavy (non-hydrogen) atoms. The highest BCUT2D eigenvalue weighted by Gasteiger charge is 2.12. The van der Waals surface area contributed by atoms with E-state index < -0.39 is 0 Å². The molecule has 0 aliphatic heterocycles. The van der Waals surface area contributed by atoms with Crippen LogP contribution in [0.2, 0.25) is 5.02 Å². The van der Waals surface area contributed by atoms with Crippen LogP contribution in [-0.2, 0) is 9.47 Å². The Morgan fingerprint density at radius 3 is 2.28 bits per heavy atom. The Balaban J connectivity index is 2.85. The molecule has 1 aromatic rings. The van der Waals surface area contributed by atoms with E-state index in [1.165, 1.54) is 0 Å². The molecule has 1 rings (SSSR count). The smallest absolute Gasteiger partial charge is 0.191 e. The van der Waals surface area contributed by atoms with E-state index in [0.717, 1.165) is 21.9 Å². The molecule has 0 heterocycles. The summed E-state index contributed by atoms with van der Waals surface area (Å²) >= 11 is 6.21. The van der Waals surface area contributed by atoms with Crippen molar-refractivity contribution in [1.82, 2.24) is 0 Å². The molecule has 0 unspecified atom stereocenters. The maximum atomic E-state index is 6.21. The molecule has 0 bridgehead atoms. The van der Waals surface area contributed by atoms with Crippen molar-refractivity contribution >= 4 is 11.6 Å². The summed E-state index contributed by atoms with van der Waals surface area (Å²) in [6, 6.07) is 3.92. The lowest BCUT2D eigenvalue weighted by molar-refractivity contribution is -0.122. The van der Waals surface area contributed by atoms with Crippen molar-refractivity contribution in [2.75, 3.05) is 20.8 Å². The summed E-state index contributed by atoms with van der Waals surface area (Å²) in [5.41, 5.74) is 2.10. The number of hydrogen-bond acceptors (Lipinski definition) is 3.